The maximum absolute atomic E-state index is 4.27. The Bertz CT molecular complexity index is 306. The molecule has 78 valence electrons. The lowest BCUT2D eigenvalue weighted by Crippen LogP contribution is -2.25. The van der Waals surface area contributed by atoms with Gasteiger partial charge in [0.25, 0.3) is 0 Å². The predicted molar refractivity (Wildman–Crippen MR) is 58.3 cm³/mol. The molecule has 0 saturated carbocycles. The lowest BCUT2D eigenvalue weighted by Gasteiger charge is -2.19. The standard InChI is InChI=1S/C9H16N4S/c1-3-7(4-2)8-11-12-9-13(8)10-5-6-14-9/h7,10H,3-6H2,1-2H3. The van der Waals surface area contributed by atoms with Crippen LogP contribution in [0.5, 0.6) is 0 Å². The summed E-state index contributed by atoms with van der Waals surface area (Å²) in [6, 6.07) is 0. The Morgan fingerprint density at radius 1 is 1.43 bits per heavy atom. The number of hydrogen-bond donors (Lipinski definition) is 1. The van der Waals surface area contributed by atoms with Crippen molar-refractivity contribution in [1.29, 1.82) is 0 Å². The van der Waals surface area contributed by atoms with Crippen molar-refractivity contribution >= 4 is 11.8 Å². The van der Waals surface area contributed by atoms with Gasteiger partial charge in [-0.25, -0.2) is 4.68 Å². The molecule has 1 aromatic heterocycles. The van der Waals surface area contributed by atoms with Gasteiger partial charge >= 0.3 is 0 Å². The van der Waals surface area contributed by atoms with Crippen LogP contribution < -0.4 is 5.43 Å². The molecular formula is C9H16N4S. The number of fused-ring (bicyclic) bond motifs is 1. The molecule has 14 heavy (non-hydrogen) atoms. The first-order valence-electron chi connectivity index (χ1n) is 5.18. The van der Waals surface area contributed by atoms with Crippen molar-refractivity contribution in [1.82, 2.24) is 14.9 Å². The first kappa shape index (κ1) is 9.83. The highest BCUT2D eigenvalue weighted by molar-refractivity contribution is 7.99. The van der Waals surface area contributed by atoms with E-state index in [1.54, 1.807) is 11.8 Å². The molecule has 0 amide bonds. The monoisotopic (exact) mass is 212 g/mol. The third kappa shape index (κ3) is 1.61. The lowest BCUT2D eigenvalue weighted by atomic mass is 10.0. The highest BCUT2D eigenvalue weighted by atomic mass is 32.2. The fourth-order valence-corrected chi connectivity index (χ4v) is 2.50. The molecule has 1 aliphatic heterocycles. The van der Waals surface area contributed by atoms with Crippen LogP contribution in [0.15, 0.2) is 5.16 Å². The normalized spacial score (nSPS) is 15.4. The van der Waals surface area contributed by atoms with E-state index in [0.717, 1.165) is 36.1 Å². The van der Waals surface area contributed by atoms with E-state index >= 15 is 0 Å². The Kier molecular flexibility index (Phi) is 2.96. The molecule has 2 heterocycles. The number of thioether (sulfide) groups is 1. The van der Waals surface area contributed by atoms with Crippen LogP contribution in [-0.2, 0) is 0 Å². The first-order chi connectivity index (χ1) is 6.86. The lowest BCUT2D eigenvalue weighted by molar-refractivity contribution is 0.565. The van der Waals surface area contributed by atoms with E-state index in [1.165, 1.54) is 0 Å². The van der Waals surface area contributed by atoms with Crippen LogP contribution in [0, 0.1) is 0 Å². The average molecular weight is 212 g/mol. The third-order valence-electron chi connectivity index (χ3n) is 2.61. The average Bonchev–Trinajstić information content (AvgIpc) is 2.65. The van der Waals surface area contributed by atoms with Crippen LogP contribution in [0.1, 0.15) is 38.4 Å². The largest absolute Gasteiger partial charge is 0.321 e. The molecule has 5 heteroatoms. The van der Waals surface area contributed by atoms with E-state index in [2.05, 4.69) is 34.1 Å². The van der Waals surface area contributed by atoms with E-state index in [-0.39, 0.29) is 0 Å². The zero-order valence-electron chi connectivity index (χ0n) is 8.66. The topological polar surface area (TPSA) is 42.7 Å². The number of aromatic nitrogens is 3. The minimum Gasteiger partial charge on any atom is -0.321 e. The summed E-state index contributed by atoms with van der Waals surface area (Å²) >= 11 is 1.77. The number of nitrogens with zero attached hydrogens (tertiary/aromatic N) is 3. The van der Waals surface area contributed by atoms with Gasteiger partial charge in [-0.2, -0.15) is 0 Å². The molecule has 0 radical (unpaired) electrons. The van der Waals surface area contributed by atoms with E-state index in [4.69, 9.17) is 0 Å². The summed E-state index contributed by atoms with van der Waals surface area (Å²) in [4.78, 5) is 0. The van der Waals surface area contributed by atoms with Crippen molar-refractivity contribution in [2.45, 2.75) is 37.8 Å². The summed E-state index contributed by atoms with van der Waals surface area (Å²) in [5.41, 5.74) is 3.33. The van der Waals surface area contributed by atoms with E-state index < -0.39 is 0 Å². The predicted octanol–water partition coefficient (Wildman–Crippen LogP) is 1.83. The molecule has 0 fully saturated rings. The van der Waals surface area contributed by atoms with Crippen molar-refractivity contribution in [3.8, 4) is 0 Å². The number of hydrogen-bond acceptors (Lipinski definition) is 4. The van der Waals surface area contributed by atoms with Gasteiger partial charge in [0.2, 0.25) is 5.16 Å². The van der Waals surface area contributed by atoms with Crippen LogP contribution in [-0.4, -0.2) is 27.2 Å². The van der Waals surface area contributed by atoms with Crippen molar-refractivity contribution in [2.75, 3.05) is 17.7 Å². The summed E-state index contributed by atoms with van der Waals surface area (Å²) in [6.45, 7) is 5.40. The van der Waals surface area contributed by atoms with E-state index in [1.807, 2.05) is 0 Å². The fourth-order valence-electron chi connectivity index (χ4n) is 1.74. The molecule has 4 nitrogen and oxygen atoms in total. The quantitative estimate of drug-likeness (QED) is 0.830. The second-order valence-electron chi connectivity index (χ2n) is 3.45. The molecule has 0 aliphatic carbocycles. The maximum Gasteiger partial charge on any atom is 0.210 e. The molecule has 0 bridgehead atoms. The van der Waals surface area contributed by atoms with Crippen molar-refractivity contribution in [2.24, 2.45) is 0 Å². The Hall–Kier alpha value is -0.710. The van der Waals surface area contributed by atoms with Crippen molar-refractivity contribution < 1.29 is 0 Å². The van der Waals surface area contributed by atoms with Gasteiger partial charge in [-0.1, -0.05) is 25.6 Å². The van der Waals surface area contributed by atoms with Gasteiger partial charge in [0.15, 0.2) is 5.82 Å². The maximum atomic E-state index is 4.27. The van der Waals surface area contributed by atoms with Gasteiger partial charge in [0.1, 0.15) is 0 Å². The summed E-state index contributed by atoms with van der Waals surface area (Å²) in [6.07, 6.45) is 2.25. The highest BCUT2D eigenvalue weighted by Crippen LogP contribution is 2.26. The van der Waals surface area contributed by atoms with Gasteiger partial charge in [-0.15, -0.1) is 10.2 Å². The van der Waals surface area contributed by atoms with E-state index in [9.17, 15) is 0 Å². The molecule has 0 spiro atoms. The molecular weight excluding hydrogens is 196 g/mol. The summed E-state index contributed by atoms with van der Waals surface area (Å²) in [7, 11) is 0. The van der Waals surface area contributed by atoms with Gasteiger partial charge in [-0.05, 0) is 12.8 Å². The molecule has 0 unspecified atom stereocenters. The molecule has 0 saturated heterocycles. The van der Waals surface area contributed by atoms with Gasteiger partial charge in [0.05, 0.1) is 0 Å². The summed E-state index contributed by atoms with van der Waals surface area (Å²) in [5, 5.41) is 9.47. The Balaban J connectivity index is 2.29. The SMILES string of the molecule is CCC(CC)c1nnc2n1NCCS2. The number of nitrogens with one attached hydrogen (secondary N) is 1. The molecule has 1 N–H and O–H groups in total. The van der Waals surface area contributed by atoms with Gasteiger partial charge in [-0.3, -0.25) is 0 Å². The summed E-state index contributed by atoms with van der Waals surface area (Å²) < 4.78 is 2.06. The molecule has 2 rings (SSSR count). The van der Waals surface area contributed by atoms with E-state index in [0.29, 0.717) is 5.92 Å². The minimum atomic E-state index is 0.530. The van der Waals surface area contributed by atoms with Gasteiger partial charge < -0.3 is 5.43 Å². The Morgan fingerprint density at radius 2 is 2.21 bits per heavy atom. The molecule has 1 aromatic rings. The Morgan fingerprint density at radius 3 is 2.93 bits per heavy atom. The zero-order valence-corrected chi connectivity index (χ0v) is 9.47. The second kappa shape index (κ2) is 4.21. The van der Waals surface area contributed by atoms with Crippen LogP contribution in [0.25, 0.3) is 0 Å². The first-order valence-corrected chi connectivity index (χ1v) is 6.17. The second-order valence-corrected chi connectivity index (χ2v) is 4.51. The Labute approximate surface area is 88.5 Å². The van der Waals surface area contributed by atoms with Crippen LogP contribution in [0.3, 0.4) is 0 Å². The van der Waals surface area contributed by atoms with Crippen LogP contribution in [0.2, 0.25) is 0 Å². The van der Waals surface area contributed by atoms with Gasteiger partial charge in [0, 0.05) is 18.2 Å². The van der Waals surface area contributed by atoms with Crippen molar-refractivity contribution in [3.63, 3.8) is 0 Å². The zero-order chi connectivity index (χ0) is 9.97. The van der Waals surface area contributed by atoms with Crippen LogP contribution in [0.4, 0.5) is 0 Å². The molecule has 0 aromatic carbocycles. The van der Waals surface area contributed by atoms with Crippen molar-refractivity contribution in [3.05, 3.63) is 5.82 Å². The summed E-state index contributed by atoms with van der Waals surface area (Å²) in [5.74, 6) is 2.71. The molecule has 1 aliphatic rings. The third-order valence-corrected chi connectivity index (χ3v) is 3.54. The number of rotatable bonds is 3. The fraction of sp³-hybridized carbons (Fsp3) is 0.778. The smallest absolute Gasteiger partial charge is 0.210 e. The highest BCUT2D eigenvalue weighted by Gasteiger charge is 2.20. The van der Waals surface area contributed by atoms with Crippen LogP contribution >= 0.6 is 11.8 Å². The minimum absolute atomic E-state index is 0.530. The molecule has 0 atom stereocenters.